The van der Waals surface area contributed by atoms with Crippen LogP contribution in [0, 0.1) is 0 Å². The van der Waals surface area contributed by atoms with E-state index in [1.165, 1.54) is 0 Å². The van der Waals surface area contributed by atoms with E-state index in [2.05, 4.69) is 18.3 Å². The summed E-state index contributed by atoms with van der Waals surface area (Å²) >= 11 is 7.55. The first kappa shape index (κ1) is 14.7. The summed E-state index contributed by atoms with van der Waals surface area (Å²) in [5.41, 5.74) is 1.86. The number of hydrogen-bond donors (Lipinski definition) is 0. The molecule has 1 heterocycles. The molecule has 0 aliphatic rings. The summed E-state index contributed by atoms with van der Waals surface area (Å²) in [6.45, 7) is 7.56. The molecule has 0 radical (unpaired) electrons. The molecule has 0 aliphatic carbocycles. The molecule has 0 atom stereocenters. The van der Waals surface area contributed by atoms with Crippen LogP contribution in [-0.4, -0.2) is 9.78 Å². The molecule has 20 heavy (non-hydrogen) atoms. The minimum absolute atomic E-state index is 0.735. The van der Waals surface area contributed by atoms with Gasteiger partial charge in [0.1, 0.15) is 5.69 Å². The van der Waals surface area contributed by atoms with Gasteiger partial charge in [0.05, 0.1) is 4.90 Å². The summed E-state index contributed by atoms with van der Waals surface area (Å²) in [7, 11) is 1.91. The third-order valence-electron chi connectivity index (χ3n) is 2.63. The molecular weight excluding hydrogens is 288 g/mol. The van der Waals surface area contributed by atoms with Gasteiger partial charge in [-0.05, 0) is 24.3 Å². The highest BCUT2D eigenvalue weighted by atomic mass is 35.5. The van der Waals surface area contributed by atoms with E-state index < -0.39 is 0 Å². The Morgan fingerprint density at radius 3 is 2.60 bits per heavy atom. The van der Waals surface area contributed by atoms with Crippen molar-refractivity contribution in [3.8, 4) is 0 Å². The van der Waals surface area contributed by atoms with Crippen LogP contribution in [0.15, 0.2) is 71.6 Å². The predicted octanol–water partition coefficient (Wildman–Crippen LogP) is 4.98. The molecule has 0 unspecified atom stereocenters. The zero-order valence-electron chi connectivity index (χ0n) is 11.2. The summed E-state index contributed by atoms with van der Waals surface area (Å²) in [6, 6.07) is 7.75. The molecule has 2 rings (SSSR count). The monoisotopic (exact) mass is 302 g/mol. The Bertz CT molecular complexity index is 654. The molecule has 1 aromatic heterocycles. The van der Waals surface area contributed by atoms with Crippen LogP contribution in [0.1, 0.15) is 5.69 Å². The van der Waals surface area contributed by atoms with Crippen molar-refractivity contribution in [3.63, 3.8) is 0 Å². The highest BCUT2D eigenvalue weighted by molar-refractivity contribution is 7.99. The number of allylic oxidation sites excluding steroid dienone is 4. The highest BCUT2D eigenvalue weighted by Crippen LogP contribution is 2.33. The van der Waals surface area contributed by atoms with Gasteiger partial charge in [0.2, 0.25) is 0 Å². The predicted molar refractivity (Wildman–Crippen MR) is 87.2 cm³/mol. The number of halogens is 1. The average molecular weight is 303 g/mol. The van der Waals surface area contributed by atoms with E-state index in [0.29, 0.717) is 0 Å². The molecule has 0 spiro atoms. The van der Waals surface area contributed by atoms with Crippen molar-refractivity contribution in [2.45, 2.75) is 9.79 Å². The molecule has 0 aliphatic heterocycles. The van der Waals surface area contributed by atoms with E-state index in [9.17, 15) is 0 Å². The van der Waals surface area contributed by atoms with Crippen molar-refractivity contribution in [2.24, 2.45) is 7.05 Å². The first-order valence-corrected chi connectivity index (χ1v) is 7.26. The molecule has 2 aromatic rings. The topological polar surface area (TPSA) is 17.8 Å². The quantitative estimate of drug-likeness (QED) is 0.725. The van der Waals surface area contributed by atoms with E-state index in [1.54, 1.807) is 28.6 Å². The first-order chi connectivity index (χ1) is 9.63. The first-order valence-electron chi connectivity index (χ1n) is 6.06. The van der Waals surface area contributed by atoms with Gasteiger partial charge in [-0.25, -0.2) is 0 Å². The zero-order chi connectivity index (χ0) is 14.5. The van der Waals surface area contributed by atoms with Crippen molar-refractivity contribution in [2.75, 3.05) is 0 Å². The summed E-state index contributed by atoms with van der Waals surface area (Å²) in [5.74, 6) is 0. The second kappa shape index (κ2) is 6.64. The van der Waals surface area contributed by atoms with Gasteiger partial charge in [-0.3, -0.25) is 4.68 Å². The molecule has 2 nitrogen and oxygen atoms in total. The minimum atomic E-state index is 0.735. The van der Waals surface area contributed by atoms with Crippen LogP contribution >= 0.6 is 23.4 Å². The maximum absolute atomic E-state index is 5.91. The second-order valence-electron chi connectivity index (χ2n) is 4.13. The molecule has 0 fully saturated rings. The van der Waals surface area contributed by atoms with Crippen molar-refractivity contribution < 1.29 is 0 Å². The fraction of sp³-hybridized carbons (Fsp3) is 0.0625. The van der Waals surface area contributed by atoms with Gasteiger partial charge in [-0.1, -0.05) is 54.7 Å². The molecular formula is C16H15ClN2S. The molecule has 102 valence electrons. The lowest BCUT2D eigenvalue weighted by Crippen LogP contribution is -1.89. The van der Waals surface area contributed by atoms with Crippen molar-refractivity contribution in [1.29, 1.82) is 0 Å². The SMILES string of the molecule is C=C/C=C(\C=C)c1nn(C)cc1Sc1ccc(Cl)cc1. The van der Waals surface area contributed by atoms with Crippen LogP contribution in [0.3, 0.4) is 0 Å². The number of aryl methyl sites for hydroxylation is 1. The smallest absolute Gasteiger partial charge is 0.106 e. The third-order valence-corrected chi connectivity index (χ3v) is 3.91. The van der Waals surface area contributed by atoms with Crippen molar-refractivity contribution in [3.05, 3.63) is 72.6 Å². The summed E-state index contributed by atoms with van der Waals surface area (Å²) in [5, 5.41) is 5.23. The van der Waals surface area contributed by atoms with Gasteiger partial charge in [-0.15, -0.1) is 0 Å². The largest absolute Gasteiger partial charge is 0.274 e. The maximum atomic E-state index is 5.91. The van der Waals surface area contributed by atoms with Crippen LogP contribution in [0.2, 0.25) is 5.02 Å². The minimum Gasteiger partial charge on any atom is -0.274 e. The molecule has 0 bridgehead atoms. The standard InChI is InChI=1S/C16H15ClN2S/c1-4-6-12(5-2)16-15(11-19(3)18-16)20-14-9-7-13(17)8-10-14/h4-11H,1-2H2,3H3/b12-6+. The number of nitrogens with zero attached hydrogens (tertiary/aromatic N) is 2. The van der Waals surface area contributed by atoms with Gasteiger partial charge < -0.3 is 0 Å². The Morgan fingerprint density at radius 1 is 1.30 bits per heavy atom. The molecule has 0 N–H and O–H groups in total. The normalized spacial score (nSPS) is 11.4. The Balaban J connectivity index is 2.37. The van der Waals surface area contributed by atoms with Crippen molar-refractivity contribution >= 4 is 28.9 Å². The zero-order valence-corrected chi connectivity index (χ0v) is 12.8. The lowest BCUT2D eigenvalue weighted by molar-refractivity contribution is 0.763. The molecule has 0 saturated carbocycles. The summed E-state index contributed by atoms with van der Waals surface area (Å²) in [6.07, 6.45) is 7.43. The summed E-state index contributed by atoms with van der Waals surface area (Å²) < 4.78 is 1.80. The van der Waals surface area contributed by atoms with Gasteiger partial charge in [0, 0.05) is 28.7 Å². The molecule has 1 aromatic carbocycles. The Morgan fingerprint density at radius 2 is 2.00 bits per heavy atom. The summed E-state index contributed by atoms with van der Waals surface area (Å²) in [4.78, 5) is 2.19. The van der Waals surface area contributed by atoms with Gasteiger partial charge in [-0.2, -0.15) is 5.10 Å². The molecule has 0 saturated heterocycles. The van der Waals surface area contributed by atoms with Crippen LogP contribution in [0.4, 0.5) is 0 Å². The van der Waals surface area contributed by atoms with Crippen LogP contribution in [0.25, 0.3) is 5.57 Å². The Hall–Kier alpha value is -1.71. The lowest BCUT2D eigenvalue weighted by Gasteiger charge is -2.03. The molecule has 0 amide bonds. The van der Waals surface area contributed by atoms with Gasteiger partial charge in [0.25, 0.3) is 0 Å². The van der Waals surface area contributed by atoms with E-state index in [4.69, 9.17) is 11.6 Å². The fourth-order valence-electron chi connectivity index (χ4n) is 1.74. The van der Waals surface area contributed by atoms with Crippen LogP contribution < -0.4 is 0 Å². The maximum Gasteiger partial charge on any atom is 0.106 e. The van der Waals surface area contributed by atoms with E-state index in [0.717, 1.165) is 26.1 Å². The fourth-order valence-corrected chi connectivity index (χ4v) is 2.85. The van der Waals surface area contributed by atoms with Crippen molar-refractivity contribution in [1.82, 2.24) is 9.78 Å². The molecule has 4 heteroatoms. The van der Waals surface area contributed by atoms with Gasteiger partial charge in [0.15, 0.2) is 0 Å². The van der Waals surface area contributed by atoms with Crippen LogP contribution in [-0.2, 0) is 7.05 Å². The lowest BCUT2D eigenvalue weighted by atomic mass is 10.2. The highest BCUT2D eigenvalue weighted by Gasteiger charge is 2.11. The number of hydrogen-bond acceptors (Lipinski definition) is 2. The van der Waals surface area contributed by atoms with E-state index >= 15 is 0 Å². The van der Waals surface area contributed by atoms with Gasteiger partial charge >= 0.3 is 0 Å². The Kier molecular flexibility index (Phi) is 4.88. The average Bonchev–Trinajstić information content (AvgIpc) is 2.79. The van der Waals surface area contributed by atoms with Crippen LogP contribution in [0.5, 0.6) is 0 Å². The number of rotatable bonds is 5. The van der Waals surface area contributed by atoms with E-state index in [-0.39, 0.29) is 0 Å². The Labute approximate surface area is 128 Å². The van der Waals surface area contributed by atoms with E-state index in [1.807, 2.05) is 43.6 Å². The second-order valence-corrected chi connectivity index (χ2v) is 5.69. The number of aromatic nitrogens is 2. The third kappa shape index (κ3) is 3.44. The number of benzene rings is 1.